The Bertz CT molecular complexity index is 740. The van der Waals surface area contributed by atoms with Gasteiger partial charge < -0.3 is 24.1 Å². The van der Waals surface area contributed by atoms with Crippen molar-refractivity contribution in [2.45, 2.75) is 44.6 Å². The average molecular weight is 347 g/mol. The molecule has 0 bridgehead atoms. The van der Waals surface area contributed by atoms with Crippen molar-refractivity contribution in [3.8, 4) is 5.88 Å². The third-order valence-electron chi connectivity index (χ3n) is 4.56. The fourth-order valence-electron chi connectivity index (χ4n) is 3.06. The Morgan fingerprint density at radius 2 is 2.25 bits per heavy atom. The average Bonchev–Trinajstić information content (AvgIpc) is 3.12. The predicted octanol–water partition coefficient (Wildman–Crippen LogP) is 2.92. The number of hydrogen-bond acceptors (Lipinski definition) is 5. The summed E-state index contributed by atoms with van der Waals surface area (Å²) in [5.41, 5.74) is 1.85. The lowest BCUT2D eigenvalue weighted by atomic mass is 10.1. The van der Waals surface area contributed by atoms with Crippen LogP contribution in [-0.2, 0) is 16.2 Å². The van der Waals surface area contributed by atoms with E-state index >= 15 is 0 Å². The van der Waals surface area contributed by atoms with Crippen molar-refractivity contribution >= 4 is 24.8 Å². The van der Waals surface area contributed by atoms with Gasteiger partial charge in [-0.3, -0.25) is 0 Å². The van der Waals surface area contributed by atoms with E-state index in [-0.39, 0.29) is 12.1 Å². The smallest absolute Gasteiger partial charge is 0.239 e. The summed E-state index contributed by atoms with van der Waals surface area (Å²) in [7, 11) is -1.06. The van der Waals surface area contributed by atoms with Gasteiger partial charge in [0.15, 0.2) is 0 Å². The molecule has 2 aliphatic rings. The van der Waals surface area contributed by atoms with Crippen molar-refractivity contribution in [2.75, 3.05) is 25.1 Å². The number of nitrogens with zero attached hydrogens (tertiary/aromatic N) is 2. The van der Waals surface area contributed by atoms with Gasteiger partial charge in [-0.15, -0.1) is 0 Å². The topological polar surface area (TPSA) is 57.5 Å². The Hall–Kier alpha value is -1.57. The molecular weight excluding hydrogens is 322 g/mol. The van der Waals surface area contributed by atoms with Crippen molar-refractivity contribution in [3.63, 3.8) is 0 Å². The molecule has 2 aliphatic heterocycles. The highest BCUT2D eigenvalue weighted by Gasteiger charge is 2.35. The second kappa shape index (κ2) is 6.05. The molecule has 7 heteroatoms. The number of nitrogens with one attached hydrogen (secondary N) is 1. The van der Waals surface area contributed by atoms with Crippen LogP contribution in [0.1, 0.15) is 0 Å². The molecule has 4 rings (SSSR count). The molecule has 0 saturated carbocycles. The van der Waals surface area contributed by atoms with Crippen LogP contribution in [0.3, 0.4) is 0 Å². The standard InChI is InChI=1S/C17H25N3O3Si/c1-24(2,3)7-6-21-11-20-5-4-12-8-13-17(19-16(12)20)23-15-10-22-9-14(15)18-13/h4-5,8,14-15,18H,6-7,9-11H2,1-3H3/t14-,15-/m1/s1. The van der Waals surface area contributed by atoms with E-state index in [4.69, 9.17) is 19.2 Å². The summed E-state index contributed by atoms with van der Waals surface area (Å²) in [6.07, 6.45) is 2.08. The molecule has 6 nitrogen and oxygen atoms in total. The van der Waals surface area contributed by atoms with Gasteiger partial charge in [0.05, 0.1) is 24.9 Å². The second-order valence-corrected chi connectivity index (χ2v) is 13.5. The largest absolute Gasteiger partial charge is 0.468 e. The van der Waals surface area contributed by atoms with Gasteiger partial charge in [-0.05, 0) is 18.2 Å². The van der Waals surface area contributed by atoms with Crippen molar-refractivity contribution in [1.29, 1.82) is 0 Å². The van der Waals surface area contributed by atoms with Crippen LogP contribution in [0.25, 0.3) is 11.0 Å². The lowest BCUT2D eigenvalue weighted by Gasteiger charge is -2.28. The van der Waals surface area contributed by atoms with Crippen LogP contribution in [-0.4, -0.2) is 49.6 Å². The number of hydrogen-bond donors (Lipinski definition) is 1. The molecule has 0 unspecified atom stereocenters. The summed E-state index contributed by atoms with van der Waals surface area (Å²) in [6.45, 7) is 9.73. The van der Waals surface area contributed by atoms with E-state index in [9.17, 15) is 0 Å². The first-order valence-electron chi connectivity index (χ1n) is 8.58. The number of aromatic nitrogens is 2. The zero-order valence-corrected chi connectivity index (χ0v) is 15.5. The maximum absolute atomic E-state index is 6.01. The third-order valence-corrected chi connectivity index (χ3v) is 6.27. The van der Waals surface area contributed by atoms with E-state index in [0.29, 0.717) is 25.8 Å². The Morgan fingerprint density at radius 3 is 3.08 bits per heavy atom. The molecule has 2 aromatic heterocycles. The highest BCUT2D eigenvalue weighted by Crippen LogP contribution is 2.34. The van der Waals surface area contributed by atoms with Gasteiger partial charge in [0, 0.05) is 26.3 Å². The van der Waals surface area contributed by atoms with Crippen molar-refractivity contribution in [2.24, 2.45) is 0 Å². The van der Waals surface area contributed by atoms with E-state index in [0.717, 1.165) is 23.3 Å². The number of fused-ring (bicyclic) bond motifs is 3. The molecule has 2 atom stereocenters. The Labute approximate surface area is 143 Å². The molecule has 4 heterocycles. The van der Waals surface area contributed by atoms with Gasteiger partial charge in [-0.1, -0.05) is 19.6 Å². The molecule has 0 aliphatic carbocycles. The number of anilines is 1. The van der Waals surface area contributed by atoms with Crippen LogP contribution >= 0.6 is 0 Å². The van der Waals surface area contributed by atoms with Gasteiger partial charge in [0.25, 0.3) is 0 Å². The number of ether oxygens (including phenoxy) is 3. The summed E-state index contributed by atoms with van der Waals surface area (Å²) in [5.74, 6) is 0.663. The highest BCUT2D eigenvalue weighted by molar-refractivity contribution is 6.76. The zero-order chi connectivity index (χ0) is 16.7. The minimum atomic E-state index is -1.06. The van der Waals surface area contributed by atoms with Gasteiger partial charge in [0.2, 0.25) is 5.88 Å². The number of rotatable bonds is 5. The summed E-state index contributed by atoms with van der Waals surface area (Å²) < 4.78 is 19.4. The molecule has 0 spiro atoms. The van der Waals surface area contributed by atoms with Crippen molar-refractivity contribution < 1.29 is 14.2 Å². The molecule has 1 saturated heterocycles. The van der Waals surface area contributed by atoms with Gasteiger partial charge >= 0.3 is 0 Å². The van der Waals surface area contributed by atoms with E-state index in [1.807, 2.05) is 10.8 Å². The molecule has 0 aromatic carbocycles. The van der Waals surface area contributed by atoms with Gasteiger partial charge in [0.1, 0.15) is 18.5 Å². The van der Waals surface area contributed by atoms with Crippen LogP contribution in [0, 0.1) is 0 Å². The molecule has 0 radical (unpaired) electrons. The van der Waals surface area contributed by atoms with E-state index in [1.165, 1.54) is 6.04 Å². The summed E-state index contributed by atoms with van der Waals surface area (Å²) >= 11 is 0. The molecule has 1 N–H and O–H groups in total. The SMILES string of the molecule is C[Si](C)(C)CCOCn1ccc2cc3c(nc21)O[C@@H]1COC[C@H]1N3. The van der Waals surface area contributed by atoms with Crippen LogP contribution in [0.2, 0.25) is 25.7 Å². The Balaban J connectivity index is 1.50. The number of pyridine rings is 1. The molecule has 130 valence electrons. The molecule has 0 amide bonds. The van der Waals surface area contributed by atoms with Crippen LogP contribution < -0.4 is 10.1 Å². The summed E-state index contributed by atoms with van der Waals surface area (Å²) in [5, 5.41) is 4.57. The van der Waals surface area contributed by atoms with Crippen LogP contribution in [0.4, 0.5) is 5.69 Å². The molecule has 2 aromatic rings. The van der Waals surface area contributed by atoms with Crippen LogP contribution in [0.15, 0.2) is 18.3 Å². The summed E-state index contributed by atoms with van der Waals surface area (Å²) in [6, 6.07) is 5.57. The van der Waals surface area contributed by atoms with E-state index < -0.39 is 8.07 Å². The normalized spacial score (nSPS) is 22.8. The monoisotopic (exact) mass is 347 g/mol. The first-order chi connectivity index (χ1) is 11.5. The quantitative estimate of drug-likeness (QED) is 0.666. The minimum Gasteiger partial charge on any atom is -0.468 e. The lowest BCUT2D eigenvalue weighted by Crippen LogP contribution is -2.40. The molecule has 24 heavy (non-hydrogen) atoms. The van der Waals surface area contributed by atoms with Gasteiger partial charge in [-0.25, -0.2) is 0 Å². The van der Waals surface area contributed by atoms with Crippen molar-refractivity contribution in [3.05, 3.63) is 18.3 Å². The zero-order valence-electron chi connectivity index (χ0n) is 14.5. The lowest BCUT2D eigenvalue weighted by molar-refractivity contribution is 0.0897. The summed E-state index contributed by atoms with van der Waals surface area (Å²) in [4.78, 5) is 4.71. The highest BCUT2D eigenvalue weighted by atomic mass is 28.3. The predicted molar refractivity (Wildman–Crippen MR) is 96.5 cm³/mol. The maximum Gasteiger partial charge on any atom is 0.239 e. The van der Waals surface area contributed by atoms with Crippen molar-refractivity contribution in [1.82, 2.24) is 9.55 Å². The van der Waals surface area contributed by atoms with Crippen LogP contribution in [0.5, 0.6) is 5.88 Å². The Morgan fingerprint density at radius 1 is 1.38 bits per heavy atom. The van der Waals surface area contributed by atoms with E-state index in [1.54, 1.807) is 0 Å². The van der Waals surface area contributed by atoms with E-state index in [2.05, 4.69) is 37.1 Å². The minimum absolute atomic E-state index is 0.0545. The van der Waals surface area contributed by atoms with Gasteiger partial charge in [-0.2, -0.15) is 4.98 Å². The fourth-order valence-corrected chi connectivity index (χ4v) is 3.82. The third kappa shape index (κ3) is 3.16. The maximum atomic E-state index is 6.01. The Kier molecular flexibility index (Phi) is 4.02. The molecular formula is C17H25N3O3Si. The fraction of sp³-hybridized carbons (Fsp3) is 0.588. The first kappa shape index (κ1) is 15.9. The second-order valence-electron chi connectivity index (χ2n) is 7.83. The molecule has 1 fully saturated rings. The first-order valence-corrected chi connectivity index (χ1v) is 12.3.